The molecule has 3 rings (SSSR count). The van der Waals surface area contributed by atoms with Crippen molar-refractivity contribution in [3.8, 4) is 0 Å². The molecule has 3 atom stereocenters. The molecule has 28 heavy (non-hydrogen) atoms. The summed E-state index contributed by atoms with van der Waals surface area (Å²) in [6.45, 7) is 7.10. The SMILES string of the molecule is C/C(=C(\F)CCC(=O)[C@@H]1C[C@H]2C[C@H]2N1C(=O)OC(C)(C)C)c1cccc(Cl)c1. The summed E-state index contributed by atoms with van der Waals surface area (Å²) in [4.78, 5) is 26.9. The third kappa shape index (κ3) is 4.75. The molecule has 1 saturated carbocycles. The van der Waals surface area contributed by atoms with Gasteiger partial charge in [0, 0.05) is 23.9 Å². The van der Waals surface area contributed by atoms with Gasteiger partial charge < -0.3 is 4.74 Å². The van der Waals surface area contributed by atoms with E-state index < -0.39 is 17.7 Å². The van der Waals surface area contributed by atoms with E-state index in [0.717, 1.165) is 6.42 Å². The number of ether oxygens (including phenoxy) is 1. The molecule has 0 unspecified atom stereocenters. The van der Waals surface area contributed by atoms with Crippen LogP contribution < -0.4 is 0 Å². The molecule has 1 aliphatic carbocycles. The first-order chi connectivity index (χ1) is 13.1. The Balaban J connectivity index is 1.64. The van der Waals surface area contributed by atoms with Crippen LogP contribution in [0.5, 0.6) is 0 Å². The van der Waals surface area contributed by atoms with E-state index in [4.69, 9.17) is 16.3 Å². The van der Waals surface area contributed by atoms with E-state index in [1.165, 1.54) is 0 Å². The fraction of sp³-hybridized carbons (Fsp3) is 0.545. The molecule has 1 aliphatic heterocycles. The minimum absolute atomic E-state index is 0.0190. The van der Waals surface area contributed by atoms with Gasteiger partial charge >= 0.3 is 6.09 Å². The first-order valence-corrected chi connectivity index (χ1v) is 10.1. The molecule has 0 N–H and O–H groups in total. The maximum absolute atomic E-state index is 14.6. The number of likely N-dealkylation sites (tertiary alicyclic amines) is 1. The van der Waals surface area contributed by atoms with E-state index >= 15 is 0 Å². The van der Waals surface area contributed by atoms with Gasteiger partial charge in [0.05, 0.1) is 6.04 Å². The largest absolute Gasteiger partial charge is 0.444 e. The van der Waals surface area contributed by atoms with Gasteiger partial charge in [-0.3, -0.25) is 9.69 Å². The van der Waals surface area contributed by atoms with Crippen LogP contribution >= 0.6 is 11.6 Å². The number of hydrogen-bond donors (Lipinski definition) is 0. The van der Waals surface area contributed by atoms with Gasteiger partial charge in [-0.15, -0.1) is 0 Å². The van der Waals surface area contributed by atoms with E-state index in [9.17, 15) is 14.0 Å². The molecule has 152 valence electrons. The van der Waals surface area contributed by atoms with Crippen molar-refractivity contribution < 1.29 is 18.7 Å². The topological polar surface area (TPSA) is 46.6 Å². The van der Waals surface area contributed by atoms with E-state index in [1.54, 1.807) is 56.9 Å². The molecule has 1 aromatic carbocycles. The Hall–Kier alpha value is -1.88. The normalized spacial score (nSPS) is 24.5. The van der Waals surface area contributed by atoms with Crippen molar-refractivity contribution >= 4 is 29.1 Å². The summed E-state index contributed by atoms with van der Waals surface area (Å²) >= 11 is 5.97. The van der Waals surface area contributed by atoms with E-state index in [0.29, 0.717) is 28.5 Å². The lowest BCUT2D eigenvalue weighted by Crippen LogP contribution is -2.45. The van der Waals surface area contributed by atoms with Gasteiger partial charge in [-0.25, -0.2) is 9.18 Å². The minimum Gasteiger partial charge on any atom is -0.444 e. The minimum atomic E-state index is -0.611. The Morgan fingerprint density at radius 1 is 1.25 bits per heavy atom. The number of Topliss-reactive ketones (excluding diaryl/α,β-unsaturated/α-hetero) is 1. The van der Waals surface area contributed by atoms with Gasteiger partial charge in [0.1, 0.15) is 11.4 Å². The number of carbonyl (C=O) groups is 2. The Labute approximate surface area is 170 Å². The predicted molar refractivity (Wildman–Crippen MR) is 108 cm³/mol. The van der Waals surface area contributed by atoms with Crippen molar-refractivity contribution in [2.24, 2.45) is 5.92 Å². The second-order valence-electron chi connectivity index (χ2n) is 8.71. The smallest absolute Gasteiger partial charge is 0.411 e. The fourth-order valence-electron chi connectivity index (χ4n) is 3.79. The highest BCUT2D eigenvalue weighted by molar-refractivity contribution is 6.30. The van der Waals surface area contributed by atoms with E-state index in [1.807, 2.05) is 0 Å². The fourth-order valence-corrected chi connectivity index (χ4v) is 3.98. The highest BCUT2D eigenvalue weighted by Gasteiger charge is 2.56. The third-order valence-corrected chi connectivity index (χ3v) is 5.57. The lowest BCUT2D eigenvalue weighted by molar-refractivity contribution is -0.124. The number of fused-ring (bicyclic) bond motifs is 1. The van der Waals surface area contributed by atoms with Crippen LogP contribution in [0.1, 0.15) is 58.9 Å². The number of carbonyl (C=O) groups excluding carboxylic acids is 2. The lowest BCUT2D eigenvalue weighted by Gasteiger charge is -2.29. The number of benzene rings is 1. The maximum Gasteiger partial charge on any atom is 0.411 e. The number of piperidine rings is 1. The zero-order valence-corrected chi connectivity index (χ0v) is 17.6. The Morgan fingerprint density at radius 2 is 1.96 bits per heavy atom. The summed E-state index contributed by atoms with van der Waals surface area (Å²) in [6, 6.07) is 6.58. The summed E-state index contributed by atoms with van der Waals surface area (Å²) in [5.41, 5.74) is 0.573. The lowest BCUT2D eigenvalue weighted by atomic mass is 10.0. The molecular weight excluding hydrogens is 381 g/mol. The van der Waals surface area contributed by atoms with Crippen LogP contribution in [-0.2, 0) is 9.53 Å². The average Bonchev–Trinajstić information content (AvgIpc) is 3.26. The number of nitrogens with zero attached hydrogens (tertiary/aromatic N) is 1. The van der Waals surface area contributed by atoms with E-state index in [-0.39, 0.29) is 30.5 Å². The van der Waals surface area contributed by atoms with Crippen LogP contribution in [-0.4, -0.2) is 34.5 Å². The molecule has 1 amide bonds. The van der Waals surface area contributed by atoms with Crippen molar-refractivity contribution in [2.45, 2.75) is 71.1 Å². The molecule has 1 saturated heterocycles. The van der Waals surface area contributed by atoms with Crippen molar-refractivity contribution in [1.29, 1.82) is 0 Å². The van der Waals surface area contributed by atoms with Crippen molar-refractivity contribution in [3.63, 3.8) is 0 Å². The number of amides is 1. The van der Waals surface area contributed by atoms with Crippen LogP contribution in [0, 0.1) is 5.92 Å². The van der Waals surface area contributed by atoms with Crippen LogP contribution in [0.25, 0.3) is 5.57 Å². The van der Waals surface area contributed by atoms with Gasteiger partial charge in [0.25, 0.3) is 0 Å². The van der Waals surface area contributed by atoms with Crippen molar-refractivity contribution in [2.75, 3.05) is 0 Å². The summed E-state index contributed by atoms with van der Waals surface area (Å²) in [6.07, 6.45) is 1.21. The van der Waals surface area contributed by atoms with Crippen LogP contribution in [0.15, 0.2) is 30.1 Å². The summed E-state index contributed by atoms with van der Waals surface area (Å²) in [5, 5.41) is 0.541. The summed E-state index contributed by atoms with van der Waals surface area (Å²) in [7, 11) is 0. The molecule has 1 aromatic rings. The van der Waals surface area contributed by atoms with Crippen LogP contribution in [0.3, 0.4) is 0 Å². The van der Waals surface area contributed by atoms with Gasteiger partial charge in [0.2, 0.25) is 0 Å². The quantitative estimate of drug-likeness (QED) is 0.620. The monoisotopic (exact) mass is 407 g/mol. The van der Waals surface area contributed by atoms with Crippen LogP contribution in [0.2, 0.25) is 5.02 Å². The van der Waals surface area contributed by atoms with Gasteiger partial charge in [0.15, 0.2) is 5.78 Å². The third-order valence-electron chi connectivity index (χ3n) is 5.34. The Kier molecular flexibility index (Phi) is 5.85. The number of rotatable bonds is 5. The summed E-state index contributed by atoms with van der Waals surface area (Å²) in [5.74, 6) is -0.0650. The number of ketones is 1. The molecule has 0 radical (unpaired) electrons. The zero-order chi connectivity index (χ0) is 20.6. The second kappa shape index (κ2) is 7.86. The standard InChI is InChI=1S/C22H27ClFNO3/c1-13(14-6-5-7-16(23)10-14)17(24)8-9-20(26)19-12-15-11-18(15)25(19)21(27)28-22(2,3)4/h5-7,10,15,18-19H,8-9,11-12H2,1-4H3/b17-13+/t15-,18-,19+/m1/s1. The van der Waals surface area contributed by atoms with Crippen LogP contribution in [0.4, 0.5) is 9.18 Å². The predicted octanol–water partition coefficient (Wildman–Crippen LogP) is 5.79. The van der Waals surface area contributed by atoms with E-state index in [2.05, 4.69) is 0 Å². The zero-order valence-electron chi connectivity index (χ0n) is 16.8. The first-order valence-electron chi connectivity index (χ1n) is 9.72. The van der Waals surface area contributed by atoms with Gasteiger partial charge in [-0.1, -0.05) is 23.7 Å². The average molecular weight is 408 g/mol. The molecule has 2 aliphatic rings. The van der Waals surface area contributed by atoms with Crippen molar-refractivity contribution in [3.05, 3.63) is 40.7 Å². The molecule has 0 spiro atoms. The Morgan fingerprint density at radius 3 is 2.61 bits per heavy atom. The first kappa shape index (κ1) is 20.8. The van der Waals surface area contributed by atoms with Gasteiger partial charge in [-0.2, -0.15) is 0 Å². The molecule has 2 fully saturated rings. The van der Waals surface area contributed by atoms with Gasteiger partial charge in [-0.05, 0) is 69.7 Å². The molecular formula is C22H27ClFNO3. The summed E-state index contributed by atoms with van der Waals surface area (Å²) < 4.78 is 20.1. The molecule has 4 nitrogen and oxygen atoms in total. The number of halogens is 2. The molecule has 6 heteroatoms. The second-order valence-corrected chi connectivity index (χ2v) is 9.15. The maximum atomic E-state index is 14.6. The molecule has 0 aromatic heterocycles. The highest BCUT2D eigenvalue weighted by Crippen LogP contribution is 2.48. The number of allylic oxidation sites excluding steroid dienone is 2. The molecule has 1 heterocycles. The van der Waals surface area contributed by atoms with Crippen molar-refractivity contribution in [1.82, 2.24) is 4.90 Å². The molecule has 0 bridgehead atoms. The number of hydrogen-bond acceptors (Lipinski definition) is 3. The highest BCUT2D eigenvalue weighted by atomic mass is 35.5. The Bertz CT molecular complexity index is 814.